The molecule has 6 aromatic rings. The molecule has 6 aromatic carbocycles. The number of benzene rings is 6. The molecule has 1 nitrogen and oxygen atoms in total. The van der Waals surface area contributed by atoms with Crippen LogP contribution in [-0.2, 0) is 24.2 Å². The van der Waals surface area contributed by atoms with Crippen molar-refractivity contribution in [3.8, 4) is 0 Å². The van der Waals surface area contributed by atoms with Crippen LogP contribution >= 0.6 is 0 Å². The lowest BCUT2D eigenvalue weighted by molar-refractivity contribution is -0.138. The van der Waals surface area contributed by atoms with Crippen molar-refractivity contribution in [1.82, 2.24) is 0 Å². The minimum absolute atomic E-state index is 0.465. The zero-order chi connectivity index (χ0) is 33.4. The Morgan fingerprint density at radius 3 is 1.55 bits per heavy atom. The highest BCUT2D eigenvalue weighted by molar-refractivity contribution is 6.01. The second-order valence-corrected chi connectivity index (χ2v) is 12.0. The molecule has 0 aliphatic carbocycles. The van der Waals surface area contributed by atoms with Gasteiger partial charge in [-0.3, -0.25) is 0 Å². The molecule has 0 atom stereocenters. The maximum atomic E-state index is 13.9. The number of hydrogen-bond acceptors (Lipinski definition) is 1. The average molecular weight is 642 g/mol. The van der Waals surface area contributed by atoms with E-state index in [0.717, 1.165) is 40.3 Å². The molecule has 0 aliphatic heterocycles. The van der Waals surface area contributed by atoms with Crippen LogP contribution < -0.4 is 4.90 Å². The Morgan fingerprint density at radius 1 is 0.511 bits per heavy atom. The summed E-state index contributed by atoms with van der Waals surface area (Å²) in [6.45, 7) is 4.21. The average Bonchev–Trinajstić information content (AvgIpc) is 3.07. The van der Waals surface area contributed by atoms with E-state index in [-0.39, 0.29) is 0 Å². The van der Waals surface area contributed by atoms with Gasteiger partial charge in [-0.05, 0) is 95.1 Å². The molecule has 6 rings (SSSR count). The molecule has 0 spiro atoms. The van der Waals surface area contributed by atoms with Gasteiger partial charge in [0.25, 0.3) is 0 Å². The number of fused-ring (bicyclic) bond motifs is 2. The van der Waals surface area contributed by atoms with Crippen LogP contribution in [0.25, 0.3) is 21.5 Å². The fourth-order valence-corrected chi connectivity index (χ4v) is 6.67. The molecule has 0 amide bonds. The highest BCUT2D eigenvalue weighted by Gasteiger charge is 2.36. The standard InChI is InChI=1S/C40H33F6N/c1-3-38(4-2,26-27-15-16-29-24-31(39(41,42)43)19-17-28(29)23-27)36-22-18-30-25-32(40(44,45)46)20-21-35(30)37(36)47(33-11-7-5-8-12-33)34-13-9-6-10-14-34/h5-25H,3-4,26H2,1-2H3. The van der Waals surface area contributed by atoms with Gasteiger partial charge in [-0.2, -0.15) is 26.3 Å². The van der Waals surface area contributed by atoms with Crippen molar-refractivity contribution in [3.63, 3.8) is 0 Å². The fraction of sp³-hybridized carbons (Fsp3) is 0.200. The molecule has 0 unspecified atom stereocenters. The summed E-state index contributed by atoms with van der Waals surface area (Å²) in [6.07, 6.45) is -6.91. The van der Waals surface area contributed by atoms with E-state index in [2.05, 4.69) is 18.7 Å². The zero-order valence-corrected chi connectivity index (χ0v) is 26.0. The van der Waals surface area contributed by atoms with E-state index >= 15 is 0 Å². The summed E-state index contributed by atoms with van der Waals surface area (Å²) in [7, 11) is 0. The van der Waals surface area contributed by atoms with E-state index in [1.165, 1.54) is 18.2 Å². The third-order valence-corrected chi connectivity index (χ3v) is 9.27. The largest absolute Gasteiger partial charge is 0.416 e. The van der Waals surface area contributed by atoms with E-state index in [1.807, 2.05) is 78.9 Å². The lowest BCUT2D eigenvalue weighted by Gasteiger charge is -2.38. The third-order valence-electron chi connectivity index (χ3n) is 9.27. The molecule has 0 aromatic heterocycles. The van der Waals surface area contributed by atoms with Gasteiger partial charge < -0.3 is 4.90 Å². The summed E-state index contributed by atoms with van der Waals surface area (Å²) in [5.41, 5.74) is 2.60. The van der Waals surface area contributed by atoms with Gasteiger partial charge in [0, 0.05) is 22.2 Å². The Kier molecular flexibility index (Phi) is 8.51. The van der Waals surface area contributed by atoms with Gasteiger partial charge in [0.1, 0.15) is 0 Å². The molecule has 0 heterocycles. The van der Waals surface area contributed by atoms with Crippen molar-refractivity contribution < 1.29 is 26.3 Å². The topological polar surface area (TPSA) is 3.24 Å². The van der Waals surface area contributed by atoms with Gasteiger partial charge in [-0.25, -0.2) is 0 Å². The molecule has 0 radical (unpaired) electrons. The van der Waals surface area contributed by atoms with E-state index in [1.54, 1.807) is 18.2 Å². The predicted octanol–water partition coefficient (Wildman–Crippen LogP) is 12.8. The van der Waals surface area contributed by atoms with Crippen molar-refractivity contribution >= 4 is 38.6 Å². The summed E-state index contributed by atoms with van der Waals surface area (Å²) >= 11 is 0. The Morgan fingerprint density at radius 2 is 1.00 bits per heavy atom. The van der Waals surface area contributed by atoms with Crippen molar-refractivity contribution in [2.45, 2.75) is 50.9 Å². The Hall–Kier alpha value is -4.78. The summed E-state index contributed by atoms with van der Waals surface area (Å²) in [6, 6.07) is 36.5. The second-order valence-electron chi connectivity index (χ2n) is 12.0. The summed E-state index contributed by atoms with van der Waals surface area (Å²) in [4.78, 5) is 2.12. The first-order chi connectivity index (χ1) is 22.4. The van der Waals surface area contributed by atoms with Crippen LogP contribution in [0.5, 0.6) is 0 Å². The molecule has 240 valence electrons. The van der Waals surface area contributed by atoms with Gasteiger partial charge >= 0.3 is 12.4 Å². The molecule has 0 bridgehead atoms. The van der Waals surface area contributed by atoms with E-state index < -0.39 is 28.9 Å². The van der Waals surface area contributed by atoms with Crippen LogP contribution in [0, 0.1) is 0 Å². The molecule has 0 aliphatic rings. The van der Waals surface area contributed by atoms with E-state index in [9.17, 15) is 26.3 Å². The van der Waals surface area contributed by atoms with Gasteiger partial charge in [0.15, 0.2) is 0 Å². The minimum Gasteiger partial charge on any atom is -0.310 e. The van der Waals surface area contributed by atoms with Crippen LogP contribution in [-0.4, -0.2) is 0 Å². The van der Waals surface area contributed by atoms with Crippen LogP contribution in [0.3, 0.4) is 0 Å². The highest BCUT2D eigenvalue weighted by atomic mass is 19.4. The first-order valence-corrected chi connectivity index (χ1v) is 15.6. The molecule has 0 saturated carbocycles. The number of nitrogens with zero attached hydrogens (tertiary/aromatic N) is 1. The Balaban J connectivity index is 1.58. The number of alkyl halides is 6. The molecule has 0 saturated heterocycles. The smallest absolute Gasteiger partial charge is 0.310 e. The van der Waals surface area contributed by atoms with Crippen molar-refractivity contribution in [2.24, 2.45) is 0 Å². The summed E-state index contributed by atoms with van der Waals surface area (Å²) in [5, 5.41) is 2.38. The van der Waals surface area contributed by atoms with Crippen molar-refractivity contribution in [2.75, 3.05) is 4.90 Å². The Labute approximate surface area is 270 Å². The summed E-state index contributed by atoms with van der Waals surface area (Å²) in [5.74, 6) is 0. The molecule has 47 heavy (non-hydrogen) atoms. The molecule has 7 heteroatoms. The van der Waals surface area contributed by atoms with Gasteiger partial charge in [-0.1, -0.05) is 92.7 Å². The quantitative estimate of drug-likeness (QED) is 0.150. The van der Waals surface area contributed by atoms with Crippen LogP contribution in [0.2, 0.25) is 0 Å². The fourth-order valence-electron chi connectivity index (χ4n) is 6.67. The first kappa shape index (κ1) is 32.2. The molecule has 0 N–H and O–H groups in total. The van der Waals surface area contributed by atoms with Gasteiger partial charge in [0.2, 0.25) is 0 Å². The van der Waals surface area contributed by atoms with E-state index in [4.69, 9.17) is 0 Å². The van der Waals surface area contributed by atoms with Crippen molar-refractivity contribution in [3.05, 3.63) is 150 Å². The third kappa shape index (κ3) is 6.31. The monoisotopic (exact) mass is 641 g/mol. The number of hydrogen-bond donors (Lipinski definition) is 0. The Bertz CT molecular complexity index is 1970. The predicted molar refractivity (Wildman–Crippen MR) is 179 cm³/mol. The SMILES string of the molecule is CCC(CC)(Cc1ccc2cc(C(F)(F)F)ccc2c1)c1ccc2cc(C(F)(F)F)ccc2c1N(c1ccccc1)c1ccccc1. The lowest BCUT2D eigenvalue weighted by atomic mass is 9.70. The molecule has 0 fully saturated rings. The number of anilines is 3. The summed E-state index contributed by atoms with van der Waals surface area (Å²) < 4.78 is 81.7. The normalized spacial score (nSPS) is 12.5. The maximum absolute atomic E-state index is 13.9. The van der Waals surface area contributed by atoms with Crippen LogP contribution in [0.1, 0.15) is 48.9 Å². The van der Waals surface area contributed by atoms with Crippen molar-refractivity contribution in [1.29, 1.82) is 0 Å². The number of para-hydroxylation sites is 2. The van der Waals surface area contributed by atoms with E-state index in [0.29, 0.717) is 40.8 Å². The first-order valence-electron chi connectivity index (χ1n) is 15.6. The molecular formula is C40H33F6N. The second kappa shape index (κ2) is 12.4. The lowest BCUT2D eigenvalue weighted by Crippen LogP contribution is -2.30. The minimum atomic E-state index is -4.49. The molecular weight excluding hydrogens is 608 g/mol. The highest BCUT2D eigenvalue weighted by Crippen LogP contribution is 2.49. The number of rotatable bonds is 8. The van der Waals surface area contributed by atoms with Crippen LogP contribution in [0.15, 0.2) is 127 Å². The van der Waals surface area contributed by atoms with Gasteiger partial charge in [-0.15, -0.1) is 0 Å². The number of halogens is 6. The van der Waals surface area contributed by atoms with Crippen LogP contribution in [0.4, 0.5) is 43.4 Å². The zero-order valence-electron chi connectivity index (χ0n) is 26.0. The van der Waals surface area contributed by atoms with Gasteiger partial charge in [0.05, 0.1) is 16.8 Å². The maximum Gasteiger partial charge on any atom is 0.416 e.